The Morgan fingerprint density at radius 2 is 1.57 bits per heavy atom. The molecule has 0 heterocycles. The molecule has 0 bridgehead atoms. The number of nitrogens with zero attached hydrogens (tertiary/aromatic N) is 1. The predicted molar refractivity (Wildman–Crippen MR) is 109 cm³/mol. The van der Waals surface area contributed by atoms with Crippen molar-refractivity contribution in [2.24, 2.45) is 4.99 Å². The third-order valence-electron chi connectivity index (χ3n) is 5.45. The summed E-state index contributed by atoms with van der Waals surface area (Å²) in [7, 11) is 0. The number of hydrogen-bond donors (Lipinski definition) is 2. The number of carbonyl (C=O) groups excluding carboxylic acids is 2. The Morgan fingerprint density at radius 3 is 2.25 bits per heavy atom. The lowest BCUT2D eigenvalue weighted by molar-refractivity contribution is -0.134. The first kappa shape index (κ1) is 20.4. The molecule has 0 aliphatic heterocycles. The molecule has 152 valence electrons. The molecule has 0 unspecified atom stereocenters. The van der Waals surface area contributed by atoms with Crippen LogP contribution in [0.4, 0.5) is 0 Å². The standard InChI is InChI=1S/C22H31N3O3/c26-20(16-23-21(27)17-10-4-1-5-11-17)28-22(24-18-12-6-2-7-13-18)25-19-14-8-3-9-15-19/h1,4-5,10-11,18-19H,2-3,6-9,12-16H2,(H,23,27)(H,24,25). The third kappa shape index (κ3) is 6.66. The van der Waals surface area contributed by atoms with Crippen LogP contribution in [0, 0.1) is 0 Å². The average molecular weight is 386 g/mol. The Bertz CT molecular complexity index is 663. The highest BCUT2D eigenvalue weighted by molar-refractivity contribution is 5.97. The topological polar surface area (TPSA) is 79.8 Å². The Labute approximate surface area is 167 Å². The molecule has 2 aliphatic carbocycles. The van der Waals surface area contributed by atoms with Gasteiger partial charge in [0.1, 0.15) is 6.54 Å². The molecule has 6 nitrogen and oxygen atoms in total. The second-order valence-electron chi connectivity index (χ2n) is 7.73. The summed E-state index contributed by atoms with van der Waals surface area (Å²) in [5.41, 5.74) is 0.520. The maximum absolute atomic E-state index is 12.3. The van der Waals surface area contributed by atoms with Gasteiger partial charge in [-0.25, -0.2) is 9.79 Å². The van der Waals surface area contributed by atoms with Gasteiger partial charge in [0, 0.05) is 11.6 Å². The summed E-state index contributed by atoms with van der Waals surface area (Å²) in [6.07, 6.45) is 11.5. The molecular weight excluding hydrogens is 354 g/mol. The van der Waals surface area contributed by atoms with E-state index in [4.69, 9.17) is 9.73 Å². The van der Waals surface area contributed by atoms with Crippen LogP contribution >= 0.6 is 0 Å². The van der Waals surface area contributed by atoms with E-state index in [-0.39, 0.29) is 18.5 Å². The lowest BCUT2D eigenvalue weighted by Gasteiger charge is -2.25. The number of amidine groups is 1. The average Bonchev–Trinajstić information content (AvgIpc) is 2.74. The molecule has 2 aliphatic rings. The minimum atomic E-state index is -0.498. The number of ether oxygens (including phenoxy) is 1. The highest BCUT2D eigenvalue weighted by atomic mass is 16.6. The van der Waals surface area contributed by atoms with Crippen molar-refractivity contribution in [3.63, 3.8) is 0 Å². The Morgan fingerprint density at radius 1 is 0.929 bits per heavy atom. The molecule has 2 saturated carbocycles. The van der Waals surface area contributed by atoms with Crippen LogP contribution in [0.5, 0.6) is 0 Å². The van der Waals surface area contributed by atoms with Gasteiger partial charge in [-0.1, -0.05) is 56.7 Å². The smallest absolute Gasteiger partial charge is 0.333 e. The van der Waals surface area contributed by atoms with Gasteiger partial charge >= 0.3 is 5.97 Å². The van der Waals surface area contributed by atoms with Crippen LogP contribution in [0.3, 0.4) is 0 Å². The number of hydrogen-bond acceptors (Lipinski definition) is 4. The van der Waals surface area contributed by atoms with Gasteiger partial charge in [0.25, 0.3) is 11.9 Å². The molecule has 0 saturated heterocycles. The summed E-state index contributed by atoms with van der Waals surface area (Å²) in [5, 5.41) is 5.96. The lowest BCUT2D eigenvalue weighted by atomic mass is 9.95. The van der Waals surface area contributed by atoms with Gasteiger partial charge in [-0.2, -0.15) is 0 Å². The highest BCUT2D eigenvalue weighted by Gasteiger charge is 2.20. The van der Waals surface area contributed by atoms with Gasteiger partial charge in [0.15, 0.2) is 0 Å². The van der Waals surface area contributed by atoms with Crippen LogP contribution in [0.15, 0.2) is 35.3 Å². The molecule has 0 spiro atoms. The first-order valence-corrected chi connectivity index (χ1v) is 10.6. The Kier molecular flexibility index (Phi) is 7.88. The molecule has 3 rings (SSSR count). The monoisotopic (exact) mass is 385 g/mol. The molecule has 2 N–H and O–H groups in total. The number of carbonyl (C=O) groups is 2. The predicted octanol–water partition coefficient (Wildman–Crippen LogP) is 3.57. The van der Waals surface area contributed by atoms with Gasteiger partial charge < -0.3 is 15.4 Å². The second-order valence-corrected chi connectivity index (χ2v) is 7.73. The summed E-state index contributed by atoms with van der Waals surface area (Å²) < 4.78 is 5.53. The number of amides is 1. The van der Waals surface area contributed by atoms with Crippen LogP contribution in [0.2, 0.25) is 0 Å². The number of benzene rings is 1. The normalized spacial score (nSPS) is 19.1. The molecular formula is C22H31N3O3. The summed E-state index contributed by atoms with van der Waals surface area (Å²) in [4.78, 5) is 29.1. The summed E-state index contributed by atoms with van der Waals surface area (Å²) in [6, 6.07) is 9.69. The van der Waals surface area contributed by atoms with Gasteiger partial charge in [-0.3, -0.25) is 4.79 Å². The van der Waals surface area contributed by atoms with Gasteiger partial charge in [0.2, 0.25) is 0 Å². The van der Waals surface area contributed by atoms with Crippen molar-refractivity contribution in [1.29, 1.82) is 0 Å². The zero-order chi connectivity index (χ0) is 19.6. The van der Waals surface area contributed by atoms with Gasteiger partial charge in [-0.15, -0.1) is 0 Å². The molecule has 2 fully saturated rings. The lowest BCUT2D eigenvalue weighted by Crippen LogP contribution is -2.41. The van der Waals surface area contributed by atoms with Crippen LogP contribution < -0.4 is 10.6 Å². The maximum atomic E-state index is 12.3. The van der Waals surface area contributed by atoms with Crippen LogP contribution in [-0.4, -0.2) is 36.5 Å². The van der Waals surface area contributed by atoms with Gasteiger partial charge in [0.05, 0.1) is 6.04 Å². The fourth-order valence-corrected chi connectivity index (χ4v) is 3.88. The van der Waals surface area contributed by atoms with E-state index >= 15 is 0 Å². The van der Waals surface area contributed by atoms with E-state index in [2.05, 4.69) is 10.6 Å². The number of esters is 1. The van der Waals surface area contributed by atoms with Crippen molar-refractivity contribution < 1.29 is 14.3 Å². The van der Waals surface area contributed by atoms with E-state index in [0.717, 1.165) is 25.7 Å². The minimum Gasteiger partial charge on any atom is -0.391 e. The summed E-state index contributed by atoms with van der Waals surface area (Å²) >= 11 is 0. The molecule has 1 aromatic carbocycles. The molecule has 6 heteroatoms. The Balaban J connectivity index is 1.55. The second kappa shape index (κ2) is 10.8. The minimum absolute atomic E-state index is 0.177. The zero-order valence-electron chi connectivity index (χ0n) is 16.5. The number of nitrogens with one attached hydrogen (secondary N) is 2. The highest BCUT2D eigenvalue weighted by Crippen LogP contribution is 2.21. The van der Waals surface area contributed by atoms with E-state index in [1.54, 1.807) is 24.3 Å². The summed E-state index contributed by atoms with van der Waals surface area (Å²) in [6.45, 7) is -0.177. The largest absolute Gasteiger partial charge is 0.391 e. The molecule has 28 heavy (non-hydrogen) atoms. The molecule has 0 radical (unpaired) electrons. The van der Waals surface area contributed by atoms with Crippen molar-refractivity contribution in [2.75, 3.05) is 6.54 Å². The third-order valence-corrected chi connectivity index (χ3v) is 5.45. The van der Waals surface area contributed by atoms with Crippen LogP contribution in [0.1, 0.15) is 74.6 Å². The van der Waals surface area contributed by atoms with Crippen LogP contribution in [0.25, 0.3) is 0 Å². The van der Waals surface area contributed by atoms with Crippen molar-refractivity contribution in [3.05, 3.63) is 35.9 Å². The van der Waals surface area contributed by atoms with E-state index < -0.39 is 5.97 Å². The van der Waals surface area contributed by atoms with E-state index in [0.29, 0.717) is 17.6 Å². The van der Waals surface area contributed by atoms with Crippen molar-refractivity contribution in [3.8, 4) is 0 Å². The number of rotatable bonds is 5. The fourth-order valence-electron chi connectivity index (χ4n) is 3.88. The number of aliphatic imine (C=N–C) groups is 1. The van der Waals surface area contributed by atoms with E-state index in [1.165, 1.54) is 38.5 Å². The molecule has 0 aromatic heterocycles. The zero-order valence-corrected chi connectivity index (χ0v) is 16.5. The van der Waals surface area contributed by atoms with E-state index in [1.807, 2.05) is 6.07 Å². The SMILES string of the molecule is O=C(CNC(=O)c1ccccc1)OC(=NC1CCCCC1)NC1CCCCC1. The maximum Gasteiger partial charge on any atom is 0.333 e. The van der Waals surface area contributed by atoms with Crippen molar-refractivity contribution in [2.45, 2.75) is 76.3 Å². The molecule has 0 atom stereocenters. The van der Waals surface area contributed by atoms with Crippen molar-refractivity contribution in [1.82, 2.24) is 10.6 Å². The first-order chi connectivity index (χ1) is 13.7. The Hall–Kier alpha value is -2.37. The molecule has 1 aromatic rings. The van der Waals surface area contributed by atoms with Crippen molar-refractivity contribution >= 4 is 17.9 Å². The quantitative estimate of drug-likeness (QED) is 0.461. The van der Waals surface area contributed by atoms with Gasteiger partial charge in [-0.05, 0) is 37.8 Å². The first-order valence-electron chi connectivity index (χ1n) is 10.6. The summed E-state index contributed by atoms with van der Waals surface area (Å²) in [5.74, 6) is -0.786. The van der Waals surface area contributed by atoms with Crippen LogP contribution in [-0.2, 0) is 9.53 Å². The fraction of sp³-hybridized carbons (Fsp3) is 0.591. The van der Waals surface area contributed by atoms with E-state index in [9.17, 15) is 9.59 Å². The molecule has 1 amide bonds.